The fourth-order valence-corrected chi connectivity index (χ4v) is 0.938. The van der Waals surface area contributed by atoms with E-state index in [1.54, 1.807) is 0 Å². The van der Waals surface area contributed by atoms with Crippen LogP contribution in [0.5, 0.6) is 0 Å². The van der Waals surface area contributed by atoms with E-state index >= 15 is 0 Å². The molecule has 2 nitrogen and oxygen atoms in total. The molecule has 0 radical (unpaired) electrons. The first-order valence-corrected chi connectivity index (χ1v) is 3.48. The standard InChI is InChI=1S/C6H11BF3O2.K/c1-6(2,5(11)12-3)4-7(8,9)10;/h4H2,1-3H3;/q-1;+1. The summed E-state index contributed by atoms with van der Waals surface area (Å²) in [6.07, 6.45) is -1.10. The third kappa shape index (κ3) is 6.96. The molecule has 0 saturated heterocycles. The van der Waals surface area contributed by atoms with Crippen LogP contribution >= 0.6 is 0 Å². The third-order valence-electron chi connectivity index (χ3n) is 1.48. The van der Waals surface area contributed by atoms with Crippen molar-refractivity contribution in [2.24, 2.45) is 5.41 Å². The smallest absolute Gasteiger partial charge is 0.469 e. The van der Waals surface area contributed by atoms with Crippen molar-refractivity contribution >= 4 is 12.9 Å². The molecule has 0 aromatic carbocycles. The molecule has 0 heterocycles. The van der Waals surface area contributed by atoms with Crippen molar-refractivity contribution in [2.45, 2.75) is 20.2 Å². The number of hydrogen-bond donors (Lipinski definition) is 0. The van der Waals surface area contributed by atoms with E-state index in [2.05, 4.69) is 4.74 Å². The molecular formula is C6H11BF3KO2. The normalized spacial score (nSPS) is 11.8. The molecule has 0 aromatic heterocycles. The van der Waals surface area contributed by atoms with Crippen LogP contribution < -0.4 is 51.4 Å². The zero-order valence-electron chi connectivity index (χ0n) is 8.23. The van der Waals surface area contributed by atoms with Gasteiger partial charge in [0.05, 0.1) is 7.11 Å². The molecule has 0 unspecified atom stereocenters. The Balaban J connectivity index is 0. The van der Waals surface area contributed by atoms with Gasteiger partial charge in [0.15, 0.2) is 0 Å². The number of methoxy groups -OCH3 is 1. The number of rotatable bonds is 3. The first-order valence-electron chi connectivity index (χ1n) is 3.48. The molecule has 0 bridgehead atoms. The Labute approximate surface area is 118 Å². The zero-order chi connectivity index (χ0) is 9.99. The van der Waals surface area contributed by atoms with Crippen molar-refractivity contribution in [3.05, 3.63) is 0 Å². The van der Waals surface area contributed by atoms with Crippen LogP contribution in [0, 0.1) is 5.41 Å². The van der Waals surface area contributed by atoms with Crippen molar-refractivity contribution in [2.75, 3.05) is 7.11 Å². The quantitative estimate of drug-likeness (QED) is 0.454. The third-order valence-corrected chi connectivity index (χ3v) is 1.48. The maximum absolute atomic E-state index is 11.9. The van der Waals surface area contributed by atoms with Crippen molar-refractivity contribution in [3.8, 4) is 0 Å². The summed E-state index contributed by atoms with van der Waals surface area (Å²) in [4.78, 5) is 10.8. The monoisotopic (exact) mass is 222 g/mol. The average Bonchev–Trinajstić information content (AvgIpc) is 1.80. The molecule has 0 aromatic rings. The molecule has 72 valence electrons. The molecule has 0 aliphatic rings. The predicted octanol–water partition coefficient (Wildman–Crippen LogP) is -0.963. The number of esters is 1. The predicted molar refractivity (Wildman–Crippen MR) is 39.7 cm³/mol. The molecular weight excluding hydrogens is 211 g/mol. The van der Waals surface area contributed by atoms with Crippen LogP contribution in [-0.4, -0.2) is 20.1 Å². The average molecular weight is 222 g/mol. The van der Waals surface area contributed by atoms with Gasteiger partial charge in [-0.05, 0) is 0 Å². The van der Waals surface area contributed by atoms with Crippen molar-refractivity contribution in [1.82, 2.24) is 0 Å². The molecule has 0 aliphatic heterocycles. The van der Waals surface area contributed by atoms with Gasteiger partial charge in [0, 0.05) is 5.41 Å². The number of hydrogen-bond acceptors (Lipinski definition) is 2. The fourth-order valence-electron chi connectivity index (χ4n) is 0.938. The van der Waals surface area contributed by atoms with Crippen LogP contribution in [0.2, 0.25) is 6.32 Å². The molecule has 0 fully saturated rings. The summed E-state index contributed by atoms with van der Waals surface area (Å²) in [5.41, 5.74) is -1.47. The van der Waals surface area contributed by atoms with Gasteiger partial charge in [-0.25, -0.2) is 0 Å². The van der Waals surface area contributed by atoms with Crippen LogP contribution in [0.1, 0.15) is 13.8 Å². The van der Waals surface area contributed by atoms with E-state index in [-0.39, 0.29) is 51.4 Å². The van der Waals surface area contributed by atoms with Crippen molar-refractivity contribution in [3.63, 3.8) is 0 Å². The van der Waals surface area contributed by atoms with Crippen LogP contribution in [0.15, 0.2) is 0 Å². The summed E-state index contributed by atoms with van der Waals surface area (Å²) in [6, 6.07) is 0. The minimum atomic E-state index is -4.94. The number of halogens is 3. The van der Waals surface area contributed by atoms with Gasteiger partial charge in [-0.1, -0.05) is 20.2 Å². The van der Waals surface area contributed by atoms with E-state index in [1.807, 2.05) is 0 Å². The summed E-state index contributed by atoms with van der Waals surface area (Å²) in [5.74, 6) is -0.832. The van der Waals surface area contributed by atoms with Gasteiger partial charge in [0.2, 0.25) is 0 Å². The topological polar surface area (TPSA) is 26.3 Å². The number of carbonyl (C=O) groups excluding carboxylic acids is 1. The first-order chi connectivity index (χ1) is 5.19. The molecule has 0 aliphatic carbocycles. The molecule has 0 saturated carbocycles. The fraction of sp³-hybridized carbons (Fsp3) is 0.833. The Hall–Kier alpha value is 0.961. The summed E-state index contributed by atoms with van der Waals surface area (Å²) < 4.78 is 39.9. The van der Waals surface area contributed by atoms with Gasteiger partial charge in [-0.2, -0.15) is 0 Å². The van der Waals surface area contributed by atoms with Gasteiger partial charge >= 0.3 is 64.3 Å². The van der Waals surface area contributed by atoms with Gasteiger partial charge in [0.1, 0.15) is 0 Å². The molecule has 0 amide bonds. The summed E-state index contributed by atoms with van der Waals surface area (Å²) in [5, 5.41) is 0. The molecule has 0 atom stereocenters. The van der Waals surface area contributed by atoms with Gasteiger partial charge < -0.3 is 17.7 Å². The summed E-state index contributed by atoms with van der Waals surface area (Å²) in [6.45, 7) is -2.50. The molecule has 0 N–H and O–H groups in total. The summed E-state index contributed by atoms with van der Waals surface area (Å²) >= 11 is 0. The Kier molecular flexibility index (Phi) is 7.25. The Morgan fingerprint density at radius 1 is 1.38 bits per heavy atom. The van der Waals surface area contributed by atoms with Gasteiger partial charge in [-0.3, -0.25) is 4.79 Å². The molecule has 0 spiro atoms. The second-order valence-corrected chi connectivity index (χ2v) is 3.29. The number of ether oxygens (including phenoxy) is 1. The molecule has 0 rings (SSSR count). The van der Waals surface area contributed by atoms with E-state index in [0.717, 1.165) is 7.11 Å². The Bertz CT molecular complexity index is 181. The minimum absolute atomic E-state index is 0. The first kappa shape index (κ1) is 16.4. The zero-order valence-corrected chi connectivity index (χ0v) is 11.4. The second-order valence-electron chi connectivity index (χ2n) is 3.29. The van der Waals surface area contributed by atoms with Gasteiger partial charge in [-0.15, -0.1) is 0 Å². The maximum Gasteiger partial charge on any atom is 1.00 e. The summed E-state index contributed by atoms with van der Waals surface area (Å²) in [7, 11) is 1.08. The van der Waals surface area contributed by atoms with Crippen LogP contribution in [0.3, 0.4) is 0 Å². The van der Waals surface area contributed by atoms with Crippen molar-refractivity contribution < 1.29 is 73.9 Å². The van der Waals surface area contributed by atoms with Crippen molar-refractivity contribution in [1.29, 1.82) is 0 Å². The number of carbonyl (C=O) groups is 1. The molecule has 7 heteroatoms. The maximum atomic E-state index is 11.9. The van der Waals surface area contributed by atoms with E-state index in [9.17, 15) is 17.7 Å². The van der Waals surface area contributed by atoms with Crippen LogP contribution in [-0.2, 0) is 9.53 Å². The molecule has 13 heavy (non-hydrogen) atoms. The largest absolute Gasteiger partial charge is 1.00 e. The second kappa shape index (κ2) is 5.75. The van der Waals surface area contributed by atoms with E-state index < -0.39 is 24.7 Å². The van der Waals surface area contributed by atoms with Gasteiger partial charge in [0.25, 0.3) is 0 Å². The SMILES string of the molecule is COC(=O)C(C)(C)C[B-](F)(F)F.[K+]. The van der Waals surface area contributed by atoms with Crippen LogP contribution in [0.4, 0.5) is 12.9 Å². The Morgan fingerprint density at radius 3 is 2.00 bits per heavy atom. The minimum Gasteiger partial charge on any atom is -0.469 e. The van der Waals surface area contributed by atoms with Crippen LogP contribution in [0.25, 0.3) is 0 Å². The van der Waals surface area contributed by atoms with E-state index in [1.165, 1.54) is 13.8 Å². The van der Waals surface area contributed by atoms with E-state index in [0.29, 0.717) is 0 Å². The Morgan fingerprint density at radius 2 is 1.77 bits per heavy atom. The van der Waals surface area contributed by atoms with E-state index in [4.69, 9.17) is 0 Å².